The van der Waals surface area contributed by atoms with Gasteiger partial charge >= 0.3 is 0 Å². The van der Waals surface area contributed by atoms with Gasteiger partial charge in [-0.2, -0.15) is 5.10 Å². The summed E-state index contributed by atoms with van der Waals surface area (Å²) >= 11 is 0. The molecule has 0 bridgehead atoms. The Bertz CT molecular complexity index is 838. The van der Waals surface area contributed by atoms with Crippen molar-refractivity contribution in [3.8, 4) is 0 Å². The van der Waals surface area contributed by atoms with Crippen molar-refractivity contribution in [3.05, 3.63) is 71.3 Å². The third-order valence-electron chi connectivity index (χ3n) is 5.35. The third-order valence-corrected chi connectivity index (χ3v) is 5.35. The number of allylic oxidation sites excluding steroid dienone is 4. The van der Waals surface area contributed by atoms with Crippen LogP contribution in [0.5, 0.6) is 0 Å². The number of nitrogens with one attached hydrogen (secondary N) is 1. The molecular weight excluding hydrogens is 407 g/mol. The highest BCUT2D eigenvalue weighted by Crippen LogP contribution is 2.24. The Morgan fingerprint density at radius 3 is 2.50 bits per heavy atom. The van der Waals surface area contributed by atoms with Crippen LogP contribution in [0.4, 0.5) is 4.39 Å². The Morgan fingerprint density at radius 2 is 1.84 bits per heavy atom. The van der Waals surface area contributed by atoms with Crippen LogP contribution in [0.15, 0.2) is 65.0 Å². The number of aliphatic hydroxyl groups excluding tert-OH is 1. The number of hydrogen-bond donors (Lipinski definition) is 2. The zero-order chi connectivity index (χ0) is 23.3. The van der Waals surface area contributed by atoms with Crippen molar-refractivity contribution < 1.29 is 14.3 Å². The lowest BCUT2D eigenvalue weighted by molar-refractivity contribution is -0.122. The van der Waals surface area contributed by atoms with Gasteiger partial charge in [-0.15, -0.1) is 6.58 Å². The Balaban J connectivity index is 0.00000176. The van der Waals surface area contributed by atoms with Crippen LogP contribution in [0.3, 0.4) is 0 Å². The molecular formula is C25H35FN4O2. The Hall–Kier alpha value is -2.77. The number of amides is 1. The highest BCUT2D eigenvalue weighted by Gasteiger charge is 2.19. The monoisotopic (exact) mass is 442 g/mol. The lowest BCUT2D eigenvalue weighted by Crippen LogP contribution is -2.48. The second-order valence-corrected chi connectivity index (χ2v) is 7.62. The number of benzene rings is 1. The van der Waals surface area contributed by atoms with Crippen LogP contribution in [0.2, 0.25) is 0 Å². The van der Waals surface area contributed by atoms with Crippen molar-refractivity contribution in [2.75, 3.05) is 32.7 Å². The first-order valence-electron chi connectivity index (χ1n) is 11.3. The molecule has 1 aliphatic carbocycles. The zero-order valence-electron chi connectivity index (χ0n) is 19.2. The summed E-state index contributed by atoms with van der Waals surface area (Å²) in [5.41, 5.74) is 5.21. The van der Waals surface area contributed by atoms with Gasteiger partial charge in [0.25, 0.3) is 5.91 Å². The summed E-state index contributed by atoms with van der Waals surface area (Å²) in [5.74, 6) is -0.165. The predicted molar refractivity (Wildman–Crippen MR) is 128 cm³/mol. The molecule has 1 aromatic carbocycles. The minimum atomic E-state index is -0.222. The minimum Gasteiger partial charge on any atom is -0.507 e. The number of carbonyl (C=O) groups excluding carboxylic acids is 1. The van der Waals surface area contributed by atoms with Gasteiger partial charge in [0.1, 0.15) is 11.6 Å². The van der Waals surface area contributed by atoms with Gasteiger partial charge in [-0.3, -0.25) is 14.6 Å². The van der Waals surface area contributed by atoms with Crippen LogP contribution in [0, 0.1) is 5.82 Å². The largest absolute Gasteiger partial charge is 0.507 e. The van der Waals surface area contributed by atoms with Crippen molar-refractivity contribution in [1.29, 1.82) is 0 Å². The highest BCUT2D eigenvalue weighted by atomic mass is 19.1. The molecule has 174 valence electrons. The molecule has 2 N–H and O–H groups in total. The van der Waals surface area contributed by atoms with E-state index in [0.29, 0.717) is 12.0 Å². The van der Waals surface area contributed by atoms with Gasteiger partial charge in [0.15, 0.2) is 0 Å². The van der Waals surface area contributed by atoms with Crippen LogP contribution in [0.1, 0.15) is 38.7 Å². The molecule has 0 spiro atoms. The fourth-order valence-corrected chi connectivity index (χ4v) is 3.67. The molecule has 0 atom stereocenters. The van der Waals surface area contributed by atoms with Crippen LogP contribution < -0.4 is 5.43 Å². The zero-order valence-corrected chi connectivity index (χ0v) is 19.2. The molecule has 1 aromatic rings. The number of rotatable bonds is 8. The van der Waals surface area contributed by atoms with Gasteiger partial charge < -0.3 is 5.11 Å². The maximum atomic E-state index is 13.0. The van der Waals surface area contributed by atoms with Crippen LogP contribution in [-0.4, -0.2) is 59.8 Å². The molecule has 1 aliphatic heterocycles. The van der Waals surface area contributed by atoms with Gasteiger partial charge in [0, 0.05) is 38.3 Å². The number of halogens is 1. The Labute approximate surface area is 190 Å². The molecule has 7 heteroatoms. The maximum Gasteiger partial charge on any atom is 0.254 e. The summed E-state index contributed by atoms with van der Waals surface area (Å²) in [6, 6.07) is 6.58. The second kappa shape index (κ2) is 13.6. The van der Waals surface area contributed by atoms with Gasteiger partial charge in [-0.25, -0.2) is 9.82 Å². The standard InChI is InChI=1S/C23H29FN4O2.C2H6/c1-2-4-19-5-3-6-20(23(19)30)15-25-26-22(29)17-28-13-11-27(12-14-28)16-18-7-9-21(24)10-8-18;1-2/h2,6-10,15,30H,1,3-5,11-14,16-17H2,(H,26,29);1-2H3/b25-15+;. The molecule has 1 saturated heterocycles. The third kappa shape index (κ3) is 8.05. The van der Waals surface area contributed by atoms with Crippen molar-refractivity contribution in [2.45, 2.75) is 39.7 Å². The molecule has 1 fully saturated rings. The number of aliphatic hydroxyl groups is 1. The number of piperazine rings is 1. The quantitative estimate of drug-likeness (QED) is 0.360. The fraction of sp³-hybridized carbons (Fsp3) is 0.440. The average molecular weight is 443 g/mol. The first kappa shape index (κ1) is 25.5. The van der Waals surface area contributed by atoms with Gasteiger partial charge in [0.2, 0.25) is 0 Å². The van der Waals surface area contributed by atoms with Gasteiger partial charge in [-0.05, 0) is 42.5 Å². The van der Waals surface area contributed by atoms with E-state index in [9.17, 15) is 14.3 Å². The van der Waals surface area contributed by atoms with Gasteiger partial charge in [-0.1, -0.05) is 38.1 Å². The first-order chi connectivity index (χ1) is 15.5. The van der Waals surface area contributed by atoms with Crippen molar-refractivity contribution in [3.63, 3.8) is 0 Å². The van der Waals surface area contributed by atoms with E-state index >= 15 is 0 Å². The molecule has 32 heavy (non-hydrogen) atoms. The van der Waals surface area contributed by atoms with E-state index in [1.807, 2.05) is 32.1 Å². The molecule has 2 aliphatic rings. The SMILES string of the molecule is C=CCC1=C(O)C(/C=N/NC(=O)CN2CCN(Cc3ccc(F)cc3)CC2)=CCC1.CC. The van der Waals surface area contributed by atoms with Crippen molar-refractivity contribution in [1.82, 2.24) is 15.2 Å². The van der Waals surface area contributed by atoms with E-state index in [2.05, 4.69) is 26.9 Å². The number of hydrazone groups is 1. The van der Waals surface area contributed by atoms with E-state index in [0.717, 1.165) is 56.7 Å². The van der Waals surface area contributed by atoms with E-state index in [1.165, 1.54) is 18.3 Å². The van der Waals surface area contributed by atoms with Crippen LogP contribution in [0.25, 0.3) is 0 Å². The molecule has 0 radical (unpaired) electrons. The summed E-state index contributed by atoms with van der Waals surface area (Å²) in [5, 5.41) is 14.3. The summed E-state index contributed by atoms with van der Waals surface area (Å²) in [6.45, 7) is 12.1. The fourth-order valence-electron chi connectivity index (χ4n) is 3.67. The predicted octanol–water partition coefficient (Wildman–Crippen LogP) is 4.18. The Morgan fingerprint density at radius 1 is 1.19 bits per heavy atom. The lowest BCUT2D eigenvalue weighted by Gasteiger charge is -2.34. The molecule has 6 nitrogen and oxygen atoms in total. The molecule has 3 rings (SSSR count). The van der Waals surface area contributed by atoms with Crippen LogP contribution in [-0.2, 0) is 11.3 Å². The molecule has 0 aromatic heterocycles. The topological polar surface area (TPSA) is 68.2 Å². The molecule has 1 amide bonds. The van der Waals surface area contributed by atoms with Crippen molar-refractivity contribution in [2.24, 2.45) is 5.10 Å². The smallest absolute Gasteiger partial charge is 0.254 e. The normalized spacial score (nSPS) is 17.5. The van der Waals surface area contributed by atoms with E-state index in [1.54, 1.807) is 6.08 Å². The van der Waals surface area contributed by atoms with Crippen LogP contribution >= 0.6 is 0 Å². The van der Waals surface area contributed by atoms with E-state index in [4.69, 9.17) is 0 Å². The summed E-state index contributed by atoms with van der Waals surface area (Å²) in [4.78, 5) is 16.6. The van der Waals surface area contributed by atoms with E-state index in [-0.39, 0.29) is 24.0 Å². The van der Waals surface area contributed by atoms with E-state index < -0.39 is 0 Å². The first-order valence-corrected chi connectivity index (χ1v) is 11.3. The highest BCUT2D eigenvalue weighted by molar-refractivity contribution is 5.86. The lowest BCUT2D eigenvalue weighted by atomic mass is 9.96. The minimum absolute atomic E-state index is 0.176. The molecule has 1 heterocycles. The van der Waals surface area contributed by atoms with Crippen molar-refractivity contribution >= 4 is 12.1 Å². The molecule has 0 saturated carbocycles. The summed E-state index contributed by atoms with van der Waals surface area (Å²) in [7, 11) is 0. The summed E-state index contributed by atoms with van der Waals surface area (Å²) < 4.78 is 13.0. The summed E-state index contributed by atoms with van der Waals surface area (Å²) in [6.07, 6.45) is 7.48. The number of hydrogen-bond acceptors (Lipinski definition) is 5. The average Bonchev–Trinajstić information content (AvgIpc) is 2.80. The second-order valence-electron chi connectivity index (χ2n) is 7.62. The van der Waals surface area contributed by atoms with Gasteiger partial charge in [0.05, 0.1) is 12.8 Å². The number of carbonyl (C=O) groups is 1. The maximum absolute atomic E-state index is 13.0. The molecule has 0 unspecified atom stereocenters. The Kier molecular flexibility index (Phi) is 10.8. The number of nitrogens with zero attached hydrogens (tertiary/aromatic N) is 3.